The summed E-state index contributed by atoms with van der Waals surface area (Å²) in [6.07, 6.45) is 2.94. The minimum atomic E-state index is -0.704. The lowest BCUT2D eigenvalue weighted by atomic mass is 9.97. The highest BCUT2D eigenvalue weighted by Gasteiger charge is 2.24. The van der Waals surface area contributed by atoms with Crippen molar-refractivity contribution >= 4 is 29.3 Å². The number of likely N-dealkylation sites (tertiary alicyclic amines) is 1. The number of nitrogens with two attached hydrogens (primary N) is 1. The first-order chi connectivity index (χ1) is 15.9. The number of amides is 3. The zero-order valence-electron chi connectivity index (χ0n) is 18.6. The normalized spacial score (nSPS) is 17.2. The van der Waals surface area contributed by atoms with Crippen LogP contribution in [0.15, 0.2) is 54.6 Å². The van der Waals surface area contributed by atoms with E-state index >= 15 is 0 Å². The molecular weight excluding hydrogens is 440 g/mol. The molecule has 4 N–H and O–H groups in total. The van der Waals surface area contributed by atoms with Crippen LogP contribution in [-0.4, -0.2) is 54.8 Å². The summed E-state index contributed by atoms with van der Waals surface area (Å²) in [5, 5.41) is 6.35. The molecule has 0 spiro atoms. The average molecular weight is 471 g/mol. The number of primary amides is 1. The Morgan fingerprint density at radius 3 is 2.52 bits per heavy atom. The molecule has 1 aliphatic heterocycles. The number of carbonyl (C=O) groups is 3. The number of piperidine rings is 1. The lowest BCUT2D eigenvalue weighted by molar-refractivity contribution is -0.123. The van der Waals surface area contributed by atoms with E-state index in [-0.39, 0.29) is 23.6 Å². The molecule has 3 rings (SSSR count). The highest BCUT2D eigenvalue weighted by atomic mass is 35.5. The highest BCUT2D eigenvalue weighted by molar-refractivity contribution is 6.30. The van der Waals surface area contributed by atoms with Crippen LogP contribution in [0.3, 0.4) is 0 Å². The third-order valence-corrected chi connectivity index (χ3v) is 6.12. The topological polar surface area (TPSA) is 105 Å². The van der Waals surface area contributed by atoms with Crippen LogP contribution in [0.2, 0.25) is 5.02 Å². The standard InChI is InChI=1S/C25H31ClN4O3/c26-21-11-9-19(10-12-21)24(32)29-22(16-18-6-2-1-3-7-18)25(33)28-13-5-15-30-14-4-8-20(17-30)23(27)31/h1-3,6-7,9-12,20,22H,4-5,8,13-17H2,(H2,27,31)(H,28,33)(H,29,32). The third kappa shape index (κ3) is 7.87. The monoisotopic (exact) mass is 470 g/mol. The summed E-state index contributed by atoms with van der Waals surface area (Å²) in [4.78, 5) is 39.3. The van der Waals surface area contributed by atoms with Gasteiger partial charge in [0.2, 0.25) is 11.8 Å². The van der Waals surface area contributed by atoms with Gasteiger partial charge in [-0.2, -0.15) is 0 Å². The van der Waals surface area contributed by atoms with Gasteiger partial charge in [-0.15, -0.1) is 0 Å². The SMILES string of the molecule is NC(=O)C1CCCN(CCCNC(=O)C(Cc2ccccc2)NC(=O)c2ccc(Cl)cc2)C1. The van der Waals surface area contributed by atoms with Crippen molar-refractivity contribution in [2.45, 2.75) is 31.7 Å². The first-order valence-corrected chi connectivity index (χ1v) is 11.7. The van der Waals surface area contributed by atoms with Crippen LogP contribution < -0.4 is 16.4 Å². The van der Waals surface area contributed by atoms with Crippen molar-refractivity contribution in [3.05, 3.63) is 70.7 Å². The van der Waals surface area contributed by atoms with Crippen LogP contribution in [0.5, 0.6) is 0 Å². The second-order valence-corrected chi connectivity index (χ2v) is 8.85. The first-order valence-electron chi connectivity index (χ1n) is 11.3. The quantitative estimate of drug-likeness (QED) is 0.464. The molecular formula is C25H31ClN4O3. The van der Waals surface area contributed by atoms with Crippen LogP contribution >= 0.6 is 11.6 Å². The van der Waals surface area contributed by atoms with Gasteiger partial charge in [-0.25, -0.2) is 0 Å². The Kier molecular flexibility index (Phi) is 9.27. The van der Waals surface area contributed by atoms with Crippen molar-refractivity contribution in [2.24, 2.45) is 11.7 Å². The Hall–Kier alpha value is -2.90. The van der Waals surface area contributed by atoms with Gasteiger partial charge < -0.3 is 21.3 Å². The van der Waals surface area contributed by atoms with Crippen molar-refractivity contribution in [2.75, 3.05) is 26.2 Å². The van der Waals surface area contributed by atoms with E-state index in [2.05, 4.69) is 15.5 Å². The van der Waals surface area contributed by atoms with E-state index in [9.17, 15) is 14.4 Å². The Morgan fingerprint density at radius 2 is 1.82 bits per heavy atom. The highest BCUT2D eigenvalue weighted by Crippen LogP contribution is 2.16. The maximum absolute atomic E-state index is 12.9. The second-order valence-electron chi connectivity index (χ2n) is 8.41. The number of halogens is 1. The molecule has 1 heterocycles. The molecule has 2 aromatic rings. The number of nitrogens with zero attached hydrogens (tertiary/aromatic N) is 1. The molecule has 0 bridgehead atoms. The predicted molar refractivity (Wildman–Crippen MR) is 129 cm³/mol. The predicted octanol–water partition coefficient (Wildman–Crippen LogP) is 2.38. The Labute approximate surface area is 199 Å². The fourth-order valence-corrected chi connectivity index (χ4v) is 4.16. The summed E-state index contributed by atoms with van der Waals surface area (Å²) in [5.41, 5.74) is 6.85. The van der Waals surface area contributed by atoms with Gasteiger partial charge in [0, 0.05) is 30.1 Å². The van der Waals surface area contributed by atoms with E-state index in [0.29, 0.717) is 30.1 Å². The van der Waals surface area contributed by atoms with Gasteiger partial charge in [0.15, 0.2) is 0 Å². The Balaban J connectivity index is 1.54. The molecule has 0 saturated carbocycles. The van der Waals surface area contributed by atoms with Gasteiger partial charge in [0.1, 0.15) is 6.04 Å². The average Bonchev–Trinajstić information content (AvgIpc) is 2.82. The second kappa shape index (κ2) is 12.4. The van der Waals surface area contributed by atoms with Crippen molar-refractivity contribution in [3.8, 4) is 0 Å². The zero-order chi connectivity index (χ0) is 23.6. The van der Waals surface area contributed by atoms with E-state index in [1.54, 1.807) is 24.3 Å². The number of carbonyl (C=O) groups excluding carboxylic acids is 3. The fourth-order valence-electron chi connectivity index (χ4n) is 4.03. The minimum Gasteiger partial charge on any atom is -0.369 e. The third-order valence-electron chi connectivity index (χ3n) is 5.87. The van der Waals surface area contributed by atoms with Gasteiger partial charge in [-0.1, -0.05) is 41.9 Å². The van der Waals surface area contributed by atoms with E-state index in [1.165, 1.54) is 0 Å². The maximum Gasteiger partial charge on any atom is 0.251 e. The lowest BCUT2D eigenvalue weighted by Gasteiger charge is -2.31. The molecule has 7 nitrogen and oxygen atoms in total. The van der Waals surface area contributed by atoms with Gasteiger partial charge in [0.05, 0.1) is 5.92 Å². The zero-order valence-corrected chi connectivity index (χ0v) is 19.4. The number of nitrogens with one attached hydrogen (secondary N) is 2. The number of benzene rings is 2. The van der Waals surface area contributed by atoms with Crippen molar-refractivity contribution in [1.82, 2.24) is 15.5 Å². The van der Waals surface area contributed by atoms with Crippen molar-refractivity contribution < 1.29 is 14.4 Å². The van der Waals surface area contributed by atoms with E-state index in [4.69, 9.17) is 17.3 Å². The van der Waals surface area contributed by atoms with Crippen LogP contribution in [0.4, 0.5) is 0 Å². The summed E-state index contributed by atoms with van der Waals surface area (Å²) in [6.45, 7) is 2.88. The van der Waals surface area contributed by atoms with E-state index < -0.39 is 6.04 Å². The molecule has 3 amide bonds. The molecule has 1 aliphatic rings. The maximum atomic E-state index is 12.9. The molecule has 2 aromatic carbocycles. The molecule has 0 radical (unpaired) electrons. The summed E-state index contributed by atoms with van der Waals surface area (Å²) in [7, 11) is 0. The summed E-state index contributed by atoms with van der Waals surface area (Å²) >= 11 is 5.91. The van der Waals surface area contributed by atoms with Gasteiger partial charge >= 0.3 is 0 Å². The van der Waals surface area contributed by atoms with Crippen LogP contribution in [-0.2, 0) is 16.0 Å². The van der Waals surface area contributed by atoms with Gasteiger partial charge in [0.25, 0.3) is 5.91 Å². The molecule has 33 heavy (non-hydrogen) atoms. The first kappa shape index (κ1) is 24.7. The number of rotatable bonds is 10. The minimum absolute atomic E-state index is 0.0910. The molecule has 1 fully saturated rings. The smallest absolute Gasteiger partial charge is 0.251 e. The molecule has 2 atom stereocenters. The van der Waals surface area contributed by atoms with Crippen LogP contribution in [0.25, 0.3) is 0 Å². The summed E-state index contributed by atoms with van der Waals surface area (Å²) < 4.78 is 0. The number of hydrogen-bond donors (Lipinski definition) is 3. The lowest BCUT2D eigenvalue weighted by Crippen LogP contribution is -2.48. The molecule has 0 aliphatic carbocycles. The molecule has 8 heteroatoms. The largest absolute Gasteiger partial charge is 0.369 e. The Morgan fingerprint density at radius 1 is 1.09 bits per heavy atom. The Bertz CT molecular complexity index is 936. The molecule has 176 valence electrons. The molecule has 2 unspecified atom stereocenters. The van der Waals surface area contributed by atoms with Crippen molar-refractivity contribution in [3.63, 3.8) is 0 Å². The van der Waals surface area contributed by atoms with E-state index in [0.717, 1.165) is 37.9 Å². The van der Waals surface area contributed by atoms with E-state index in [1.807, 2.05) is 30.3 Å². The fraction of sp³-hybridized carbons (Fsp3) is 0.400. The van der Waals surface area contributed by atoms with Crippen LogP contribution in [0.1, 0.15) is 35.2 Å². The van der Waals surface area contributed by atoms with Crippen LogP contribution in [0, 0.1) is 5.92 Å². The van der Waals surface area contributed by atoms with Gasteiger partial charge in [-0.05, 0) is 62.2 Å². The van der Waals surface area contributed by atoms with Gasteiger partial charge in [-0.3, -0.25) is 14.4 Å². The summed E-state index contributed by atoms with van der Waals surface area (Å²) in [5.74, 6) is -0.886. The molecule has 0 aromatic heterocycles. The van der Waals surface area contributed by atoms with Crippen molar-refractivity contribution in [1.29, 1.82) is 0 Å². The summed E-state index contributed by atoms with van der Waals surface area (Å²) in [6, 6.07) is 15.4. The number of hydrogen-bond acceptors (Lipinski definition) is 4. The molecule has 1 saturated heterocycles.